The van der Waals surface area contributed by atoms with E-state index >= 15 is 0 Å². The van der Waals surface area contributed by atoms with E-state index in [2.05, 4.69) is 186 Å². The van der Waals surface area contributed by atoms with E-state index in [0.717, 1.165) is 141 Å². The van der Waals surface area contributed by atoms with Crippen molar-refractivity contribution in [2.24, 2.45) is 0 Å². The van der Waals surface area contributed by atoms with Crippen molar-refractivity contribution in [3.8, 4) is 45.0 Å². The van der Waals surface area contributed by atoms with Gasteiger partial charge in [0.05, 0.1) is 83.4 Å². The van der Waals surface area contributed by atoms with E-state index in [9.17, 15) is 35.1 Å². The number of halogens is 8. The van der Waals surface area contributed by atoms with Crippen LogP contribution in [0.15, 0.2) is 202 Å². The first-order valence-electron chi connectivity index (χ1n) is 44.0. The van der Waals surface area contributed by atoms with Crippen molar-refractivity contribution >= 4 is 89.5 Å². The Morgan fingerprint density at radius 1 is 0.376 bits per heavy atom. The topological polar surface area (TPSA) is 284 Å². The third kappa shape index (κ3) is 18.7. The highest BCUT2D eigenvalue weighted by Crippen LogP contribution is 2.43. The molecule has 16 heterocycles. The molecule has 0 aliphatic heterocycles. The Labute approximate surface area is 758 Å². The maximum atomic E-state index is 14.2. The van der Waals surface area contributed by atoms with Crippen LogP contribution in [0.3, 0.4) is 0 Å². The predicted octanol–water partition coefficient (Wildman–Crippen LogP) is 22.3. The van der Waals surface area contributed by atoms with E-state index in [1.807, 2.05) is 71.8 Å². The minimum absolute atomic E-state index is 0.130. The molecule has 24 nitrogen and oxygen atoms in total. The van der Waals surface area contributed by atoms with E-state index in [1.165, 1.54) is 76.4 Å². The molecule has 0 unspecified atom stereocenters. The van der Waals surface area contributed by atoms with Gasteiger partial charge >= 0.3 is 0 Å². The summed E-state index contributed by atoms with van der Waals surface area (Å²) in [4.78, 5) is 47.9. The molecule has 1 fully saturated rings. The number of pyridine rings is 4. The van der Waals surface area contributed by atoms with Crippen LogP contribution >= 0.6 is 0 Å². The van der Waals surface area contributed by atoms with Crippen LogP contribution in [0.25, 0.3) is 111 Å². The van der Waals surface area contributed by atoms with Gasteiger partial charge in [-0.15, -0.1) is 0 Å². The summed E-state index contributed by atoms with van der Waals surface area (Å²) in [6.07, 6.45) is 25.5. The number of aryl methyl sites for hydroxylation is 3. The van der Waals surface area contributed by atoms with Crippen molar-refractivity contribution in [3.05, 3.63) is 310 Å². The number of fused-ring (bicyclic) bond motifs is 8. The fourth-order valence-electron chi connectivity index (χ4n) is 17.1. The largest absolute Gasteiger partial charge is 0.370 e. The number of nitrogens with one attached hydrogen (secondary N) is 8. The van der Waals surface area contributed by atoms with Crippen molar-refractivity contribution in [1.29, 1.82) is 0 Å². The average molecular weight is 1800 g/mol. The summed E-state index contributed by atoms with van der Waals surface area (Å²) in [6.45, 7) is 25.0. The van der Waals surface area contributed by atoms with Crippen LogP contribution < -0.4 is 21.3 Å². The van der Waals surface area contributed by atoms with Gasteiger partial charge in [-0.1, -0.05) is 91.8 Å². The summed E-state index contributed by atoms with van der Waals surface area (Å²) < 4.78 is 119. The number of para-hydroxylation sites is 2. The number of aromatic amines is 4. The summed E-state index contributed by atoms with van der Waals surface area (Å²) in [5.41, 5.74) is 21.5. The maximum Gasteiger partial charge on any atom is 0.161 e. The lowest BCUT2D eigenvalue weighted by Crippen LogP contribution is -2.13. The number of hydrogen-bond donors (Lipinski definition) is 8. The molecule has 32 heteroatoms. The van der Waals surface area contributed by atoms with Gasteiger partial charge in [0.2, 0.25) is 0 Å². The van der Waals surface area contributed by atoms with E-state index in [0.29, 0.717) is 123 Å². The Morgan fingerprint density at radius 2 is 0.744 bits per heavy atom. The highest BCUT2D eigenvalue weighted by Gasteiger charge is 2.30. The average Bonchev–Trinajstić information content (AvgIpc) is 1.65. The molecule has 16 aromatic heterocycles. The van der Waals surface area contributed by atoms with Crippen molar-refractivity contribution in [1.82, 2.24) is 98.3 Å². The molecular weight excluding hydrogens is 1700 g/mol. The zero-order chi connectivity index (χ0) is 92.8. The summed E-state index contributed by atoms with van der Waals surface area (Å²) in [5.74, 6) is -0.382. The lowest BCUT2D eigenvalue weighted by molar-refractivity contribution is 0.590. The molecule has 1 aliphatic rings. The van der Waals surface area contributed by atoms with E-state index in [1.54, 1.807) is 46.1 Å². The number of benzene rings is 4. The van der Waals surface area contributed by atoms with Gasteiger partial charge in [0.25, 0.3) is 0 Å². The summed E-state index contributed by atoms with van der Waals surface area (Å²) in [7, 11) is 0. The maximum absolute atomic E-state index is 14.2. The highest BCUT2D eigenvalue weighted by atomic mass is 19.2. The van der Waals surface area contributed by atoms with Crippen molar-refractivity contribution in [2.75, 3.05) is 47.4 Å². The Bertz CT molecular complexity index is 7740. The normalized spacial score (nSPS) is 12.4. The number of rotatable bonds is 22. The molecule has 0 radical (unpaired) electrons. The number of H-pyrrole nitrogens is 4. The third-order valence-corrected chi connectivity index (χ3v) is 23.9. The van der Waals surface area contributed by atoms with Crippen LogP contribution in [0.4, 0.5) is 58.4 Å². The Morgan fingerprint density at radius 3 is 1.17 bits per heavy atom. The Balaban J connectivity index is 0.000000119. The zero-order valence-corrected chi connectivity index (χ0v) is 75.0. The van der Waals surface area contributed by atoms with E-state index in [4.69, 9.17) is 19.9 Å². The summed E-state index contributed by atoms with van der Waals surface area (Å²) >= 11 is 0. The van der Waals surface area contributed by atoms with Crippen molar-refractivity contribution in [3.63, 3.8) is 0 Å². The fraction of sp³-hybridized carbons (Fsp3) is 0.248. The second-order valence-corrected chi connectivity index (χ2v) is 35.8. The van der Waals surface area contributed by atoms with Gasteiger partial charge in [-0.05, 0) is 153 Å². The van der Waals surface area contributed by atoms with Gasteiger partial charge in [0.15, 0.2) is 22.6 Å². The van der Waals surface area contributed by atoms with Gasteiger partial charge in [0.1, 0.15) is 69.8 Å². The summed E-state index contributed by atoms with van der Waals surface area (Å²) in [5, 5.41) is 35.6. The van der Waals surface area contributed by atoms with Crippen molar-refractivity contribution < 1.29 is 35.1 Å². The third-order valence-electron chi connectivity index (χ3n) is 23.9. The molecule has 0 saturated heterocycles. The molecule has 1 aliphatic carbocycles. The quantitative estimate of drug-likeness (QED) is 0.0293. The first kappa shape index (κ1) is 88.4. The van der Waals surface area contributed by atoms with Crippen LogP contribution in [0, 0.1) is 67.3 Å². The van der Waals surface area contributed by atoms with Gasteiger partial charge in [-0.3, -0.25) is 19.9 Å². The molecule has 1 saturated carbocycles. The minimum atomic E-state index is -0.613. The molecule has 0 bridgehead atoms. The molecule has 133 heavy (non-hydrogen) atoms. The van der Waals surface area contributed by atoms with Crippen LogP contribution in [-0.4, -0.2) is 124 Å². The van der Waals surface area contributed by atoms with Crippen molar-refractivity contribution in [2.45, 2.75) is 137 Å². The second-order valence-electron chi connectivity index (χ2n) is 35.8. The van der Waals surface area contributed by atoms with E-state index < -0.39 is 34.9 Å². The fourth-order valence-corrected chi connectivity index (χ4v) is 17.1. The number of nitrogens with zero attached hydrogens (tertiary/aromatic N) is 16. The first-order chi connectivity index (χ1) is 64.0. The molecule has 4 aromatic carbocycles. The highest BCUT2D eigenvalue weighted by molar-refractivity contribution is 5.88. The van der Waals surface area contributed by atoms with E-state index in [-0.39, 0.29) is 28.4 Å². The van der Waals surface area contributed by atoms with Crippen LogP contribution in [-0.2, 0) is 36.5 Å². The standard InChI is InChI=1S/C26H25F3N6.C25H21F3N6.2C25H25FN6/c1-14-18(19-8-16(27)9-21(29)24(19)33-14)5-6-31-23-10-22(15-7-17(28)12-30-11-15)34-25-20(26(2,3)4)13-32-35(23)25;1-13-18(19-7-16(26)8-21(28)24(19)32-13)4-5-30-23-9-22(15-6-17(27)11-29-10-15)33-25-20(14-2-3-14)12-31-34(23)25;1-25(2,3)20-15-30-32-23(11-22(31-24(20)32)17-10-18(26)14-27-12-17)28-9-8-16-13-29-21-7-5-4-6-19(16)21;1-15(2)21-14-29-32-24(11-23(31-25(21)32)17-10-18(26)13-27-12-17)28-9-8-19-16(3)30-22-7-5-4-6-20(19)22/h7-13,31,33H,5-6H2,1-4H3;6-12,14,30,32H,2-5H2,1H3;4-7,10-15,28-29H,8-9H2,1-3H3;4-7,10-15,28,30H,8-9H2,1-3H3. The molecular formula is C101H96F8N24. The Hall–Kier alpha value is -15.2. The molecule has 8 N–H and O–H groups in total. The number of hydrogen-bond acceptors (Lipinski definition) is 16. The van der Waals surface area contributed by atoms with Gasteiger partial charge in [0, 0.05) is 188 Å². The van der Waals surface area contributed by atoms with Crippen LogP contribution in [0.5, 0.6) is 0 Å². The van der Waals surface area contributed by atoms with Gasteiger partial charge in [-0.25, -0.2) is 55.1 Å². The van der Waals surface area contributed by atoms with Crippen LogP contribution in [0.2, 0.25) is 0 Å². The SMILES string of the molecule is CC(C)(C)c1cnn2c(NCCc3c[nH]c4ccccc34)cc(-c3cncc(F)c3)nc12.Cc1[nH]c2c(F)cc(F)cc2c1CCNc1cc(-c2cncc(F)c2)nc2c(C(C)(C)C)cnn12.Cc1[nH]c2c(F)cc(F)cc2c1CCNc1cc(-c2cncc(F)c2)nc2c(C3CC3)cnn12.Cc1[nH]c2ccccc2c1CCNc1cc(-c2cncc(F)c2)nc2c(C(C)C)cnn12. The molecule has 21 rings (SSSR count). The lowest BCUT2D eigenvalue weighted by Gasteiger charge is -2.17. The van der Waals surface area contributed by atoms with Crippen LogP contribution in [0.1, 0.15) is 142 Å². The van der Waals surface area contributed by atoms with Gasteiger partial charge < -0.3 is 41.2 Å². The predicted molar refractivity (Wildman–Crippen MR) is 504 cm³/mol. The second kappa shape index (κ2) is 36.6. The molecule has 0 amide bonds. The number of anilines is 4. The smallest absolute Gasteiger partial charge is 0.161 e. The molecule has 676 valence electrons. The minimum Gasteiger partial charge on any atom is -0.370 e. The zero-order valence-electron chi connectivity index (χ0n) is 75.0. The lowest BCUT2D eigenvalue weighted by atomic mass is 9.89. The molecule has 20 aromatic rings. The molecule has 0 spiro atoms. The monoisotopic (exact) mass is 1800 g/mol. The summed E-state index contributed by atoms with van der Waals surface area (Å²) in [6, 6.07) is 34.2. The van der Waals surface area contributed by atoms with Gasteiger partial charge in [-0.2, -0.15) is 38.5 Å². The number of aromatic nitrogens is 20. The Kier molecular flexibility index (Phi) is 24.3. The first-order valence-corrected chi connectivity index (χ1v) is 44.0. The molecule has 0 atom stereocenters.